The summed E-state index contributed by atoms with van der Waals surface area (Å²) in [5.41, 5.74) is 15.2. The molecular formula is C70H72N4OPt-2. The molecule has 3 aromatic heterocycles. The smallest absolute Gasteiger partial charge is 0.267 e. The molecule has 7 aromatic carbocycles. The van der Waals surface area contributed by atoms with Crippen LogP contribution in [0, 0.1) is 18.5 Å². The second-order valence-electron chi connectivity index (χ2n) is 24.2. The van der Waals surface area contributed by atoms with Gasteiger partial charge < -0.3 is 13.9 Å². The maximum absolute atomic E-state index is 7.04. The van der Waals surface area contributed by atoms with Crippen LogP contribution in [0.1, 0.15) is 153 Å². The molecule has 3 heterocycles. The molecule has 0 unspecified atom stereocenters. The van der Waals surface area contributed by atoms with Crippen molar-refractivity contribution in [2.24, 2.45) is 0 Å². The monoisotopic (exact) mass is 1180 g/mol. The minimum Gasteiger partial charge on any atom is -0.510 e. The van der Waals surface area contributed by atoms with E-state index in [0.717, 1.165) is 44.7 Å². The van der Waals surface area contributed by atoms with Crippen molar-refractivity contribution in [2.75, 3.05) is 0 Å². The molecule has 5 nitrogen and oxygen atoms in total. The van der Waals surface area contributed by atoms with Gasteiger partial charge in [-0.25, -0.2) is 4.98 Å². The number of imidazole rings is 1. The largest absolute Gasteiger partial charge is 0.510 e. The number of ether oxygens (including phenoxy) is 1. The van der Waals surface area contributed by atoms with Crippen molar-refractivity contribution in [1.29, 1.82) is 0 Å². The molecule has 0 aliphatic heterocycles. The fraction of sp³-hybridized carbons (Fsp3) is 0.286. The summed E-state index contributed by atoms with van der Waals surface area (Å²) >= 11 is 0. The Bertz CT molecular complexity index is 3690. The van der Waals surface area contributed by atoms with Gasteiger partial charge in [-0.1, -0.05) is 211 Å². The van der Waals surface area contributed by atoms with Crippen LogP contribution in [0.3, 0.4) is 0 Å². The van der Waals surface area contributed by atoms with Crippen LogP contribution >= 0.6 is 0 Å². The van der Waals surface area contributed by atoms with Crippen LogP contribution < -0.4 is 9.30 Å². The first kappa shape index (κ1) is 54.0. The van der Waals surface area contributed by atoms with Gasteiger partial charge in [0.05, 0.1) is 11.4 Å². The minimum absolute atomic E-state index is 0. The molecule has 0 spiro atoms. The fourth-order valence-electron chi connectivity index (χ4n) is 10.8. The molecule has 0 N–H and O–H groups in total. The quantitative estimate of drug-likeness (QED) is 0.0903. The Hall–Kier alpha value is -6.81. The van der Waals surface area contributed by atoms with E-state index in [1.165, 1.54) is 50.1 Å². The summed E-state index contributed by atoms with van der Waals surface area (Å²) in [7, 11) is 0. The van der Waals surface area contributed by atoms with E-state index in [-0.39, 0.29) is 54.6 Å². The van der Waals surface area contributed by atoms with Gasteiger partial charge in [0.2, 0.25) is 0 Å². The normalized spacial score (nSPS) is 12.5. The molecular weight excluding hydrogens is 1110 g/mol. The molecule has 0 atom stereocenters. The molecule has 390 valence electrons. The summed E-state index contributed by atoms with van der Waals surface area (Å²) in [4.78, 5) is 5.07. The standard InChI is InChI=1S/C70H72N4O.Pt/c1-46(2)57-32-24-33-58(47(3)4)65(57)63-44-72(54-38-51(67(5,6)7)37-52(39-54)70(13,14)49-27-19-16-20-28-49)45-73(63)53-29-23-30-55(41-53)75-56-42-60(68(8,9)10)66-59-31-21-22-34-61(59)74(62(66)43-56)64-40-50(35-36-71-64)69(11,12)48-25-17-15-18-26-48;/h15-40,42,44,46-47H,1-14H3;/q-2;. The molecule has 10 aromatic rings. The summed E-state index contributed by atoms with van der Waals surface area (Å²) in [6, 6.07) is 64.3. The number of fused-ring (bicyclic) bond motifs is 3. The predicted molar refractivity (Wildman–Crippen MR) is 311 cm³/mol. The van der Waals surface area contributed by atoms with Crippen LogP contribution in [0.4, 0.5) is 0 Å². The van der Waals surface area contributed by atoms with Crippen molar-refractivity contribution < 1.29 is 30.4 Å². The van der Waals surface area contributed by atoms with E-state index in [1.807, 2.05) is 12.3 Å². The van der Waals surface area contributed by atoms with Crippen LogP contribution in [0.2, 0.25) is 0 Å². The molecule has 0 radical (unpaired) electrons. The average molecular weight is 1180 g/mol. The first-order chi connectivity index (χ1) is 35.6. The maximum atomic E-state index is 7.04. The number of para-hydroxylation sites is 1. The van der Waals surface area contributed by atoms with Crippen molar-refractivity contribution in [3.8, 4) is 39.9 Å². The van der Waals surface area contributed by atoms with Gasteiger partial charge in [-0.05, 0) is 109 Å². The summed E-state index contributed by atoms with van der Waals surface area (Å²) in [5, 5.41) is 2.29. The van der Waals surface area contributed by atoms with Crippen LogP contribution in [-0.2, 0) is 42.7 Å². The Morgan fingerprint density at radius 3 is 1.75 bits per heavy atom. The molecule has 0 amide bonds. The first-order valence-corrected chi connectivity index (χ1v) is 26.8. The molecule has 0 saturated carbocycles. The number of pyridine rings is 1. The Morgan fingerprint density at radius 2 is 1.13 bits per heavy atom. The Labute approximate surface area is 466 Å². The summed E-state index contributed by atoms with van der Waals surface area (Å²) in [5.74, 6) is 2.58. The van der Waals surface area contributed by atoms with Crippen LogP contribution in [0.15, 0.2) is 170 Å². The number of hydrogen-bond donors (Lipinski definition) is 0. The molecule has 0 fully saturated rings. The van der Waals surface area contributed by atoms with Crippen molar-refractivity contribution in [2.45, 2.75) is 130 Å². The SMILES string of the molecule is CC(C)c1cccc(C(C)C)c1-c1c[n+](-c2cc(C(C)(C)C)cc(C(C)(C)c3ccccc3)c2)[c-]n1-c1[c-]c(Oc2[c-]c3c(c(C(C)(C)C)c2)c2ccccc2n3-c2cc(C(C)(C)c3ccccc3)ccn2)ccc1.[Pt]. The third-order valence-corrected chi connectivity index (χ3v) is 15.5. The predicted octanol–water partition coefficient (Wildman–Crippen LogP) is 17.6. The number of nitrogens with zero attached hydrogens (tertiary/aromatic N) is 4. The Morgan fingerprint density at radius 1 is 0.539 bits per heavy atom. The van der Waals surface area contributed by atoms with Crippen LogP contribution in [0.25, 0.3) is 50.3 Å². The Balaban J connectivity index is 0.00000706. The summed E-state index contributed by atoms with van der Waals surface area (Å²) < 4.78 is 13.7. The van der Waals surface area contributed by atoms with Crippen LogP contribution in [0.5, 0.6) is 11.5 Å². The molecule has 10 rings (SSSR count). The van der Waals surface area contributed by atoms with E-state index in [2.05, 4.69) is 287 Å². The zero-order valence-electron chi connectivity index (χ0n) is 46.8. The molecule has 76 heavy (non-hydrogen) atoms. The minimum atomic E-state index is -0.255. The molecule has 0 aliphatic carbocycles. The molecule has 0 aliphatic rings. The number of hydrogen-bond acceptors (Lipinski definition) is 2. The van der Waals surface area contributed by atoms with Gasteiger partial charge >= 0.3 is 0 Å². The summed E-state index contributed by atoms with van der Waals surface area (Å²) in [6.45, 7) is 32.1. The first-order valence-electron chi connectivity index (χ1n) is 26.8. The second kappa shape index (κ2) is 20.6. The van der Waals surface area contributed by atoms with Gasteiger partial charge in [-0.3, -0.25) is 4.57 Å². The molecule has 0 saturated heterocycles. The van der Waals surface area contributed by atoms with Gasteiger partial charge in [0.1, 0.15) is 5.82 Å². The average Bonchev–Trinajstić information content (AvgIpc) is 4.00. The number of aromatic nitrogens is 4. The second-order valence-corrected chi connectivity index (χ2v) is 24.2. The molecule has 0 bridgehead atoms. The summed E-state index contributed by atoms with van der Waals surface area (Å²) in [6.07, 6.45) is 8.09. The maximum Gasteiger partial charge on any atom is 0.267 e. The van der Waals surface area contributed by atoms with Crippen molar-refractivity contribution in [3.05, 3.63) is 233 Å². The third kappa shape index (κ3) is 10.2. The third-order valence-electron chi connectivity index (χ3n) is 15.5. The zero-order chi connectivity index (χ0) is 53.2. The topological polar surface area (TPSA) is 35.9 Å². The van der Waals surface area contributed by atoms with E-state index in [1.54, 1.807) is 0 Å². The van der Waals surface area contributed by atoms with Gasteiger partial charge in [-0.2, -0.15) is 12.1 Å². The van der Waals surface area contributed by atoms with Crippen molar-refractivity contribution in [1.82, 2.24) is 14.1 Å². The Kier molecular flexibility index (Phi) is 14.6. The molecule has 6 heteroatoms. The van der Waals surface area contributed by atoms with Gasteiger partial charge in [0.15, 0.2) is 0 Å². The zero-order valence-corrected chi connectivity index (χ0v) is 49.1. The van der Waals surface area contributed by atoms with Crippen molar-refractivity contribution in [3.63, 3.8) is 0 Å². The van der Waals surface area contributed by atoms with E-state index in [0.29, 0.717) is 11.5 Å². The van der Waals surface area contributed by atoms with E-state index in [4.69, 9.17) is 9.72 Å². The van der Waals surface area contributed by atoms with Gasteiger partial charge in [-0.15, -0.1) is 29.8 Å². The van der Waals surface area contributed by atoms with Gasteiger partial charge in [0.25, 0.3) is 6.33 Å². The van der Waals surface area contributed by atoms with E-state index in [9.17, 15) is 0 Å². The van der Waals surface area contributed by atoms with Crippen LogP contribution in [-0.4, -0.2) is 14.1 Å². The van der Waals surface area contributed by atoms with Gasteiger partial charge in [0, 0.05) is 61.3 Å². The fourth-order valence-corrected chi connectivity index (χ4v) is 10.8. The number of rotatable bonds is 12. The van der Waals surface area contributed by atoms with E-state index >= 15 is 0 Å². The van der Waals surface area contributed by atoms with Crippen molar-refractivity contribution >= 4 is 21.8 Å². The number of benzene rings is 7. The van der Waals surface area contributed by atoms with E-state index < -0.39 is 0 Å².